The van der Waals surface area contributed by atoms with Gasteiger partial charge in [0, 0.05) is 10.9 Å². The van der Waals surface area contributed by atoms with Crippen molar-refractivity contribution in [2.75, 3.05) is 19.0 Å². The van der Waals surface area contributed by atoms with Crippen LogP contribution in [0.3, 0.4) is 0 Å². The number of hydrogen-bond acceptors (Lipinski definition) is 5. The van der Waals surface area contributed by atoms with Gasteiger partial charge in [-0.3, -0.25) is 10.1 Å². The number of hydrogen-bond donors (Lipinski definition) is 1. The first kappa shape index (κ1) is 16.9. The molecule has 1 heterocycles. The third-order valence-electron chi connectivity index (χ3n) is 3.30. The highest BCUT2D eigenvalue weighted by atomic mass is 32.1. The molecular formula is C18H15FN2O3S. The zero-order valence-corrected chi connectivity index (χ0v) is 14.2. The fourth-order valence-electron chi connectivity index (χ4n) is 2.09. The van der Waals surface area contributed by atoms with E-state index in [4.69, 9.17) is 9.47 Å². The van der Waals surface area contributed by atoms with Crippen LogP contribution in [0.1, 0.15) is 0 Å². The van der Waals surface area contributed by atoms with E-state index >= 15 is 0 Å². The zero-order valence-electron chi connectivity index (χ0n) is 13.4. The number of carbonyl (C=O) groups excluding carboxylic acids is 1. The minimum Gasteiger partial charge on any atom is -0.497 e. The minimum atomic E-state index is -0.330. The van der Waals surface area contributed by atoms with Crippen LogP contribution in [0.5, 0.6) is 11.5 Å². The van der Waals surface area contributed by atoms with E-state index in [0.29, 0.717) is 27.9 Å². The SMILES string of the molecule is COc1ccc(OCC(=O)Nc2nc(-c3cccc(F)c3)cs2)cc1. The first-order valence-electron chi connectivity index (χ1n) is 7.42. The first-order valence-corrected chi connectivity index (χ1v) is 8.30. The Hall–Kier alpha value is -2.93. The zero-order chi connectivity index (χ0) is 17.6. The smallest absolute Gasteiger partial charge is 0.264 e. The van der Waals surface area contributed by atoms with Crippen LogP contribution in [-0.2, 0) is 4.79 Å². The molecule has 0 aliphatic heterocycles. The summed E-state index contributed by atoms with van der Waals surface area (Å²) in [5.74, 6) is 0.625. The van der Waals surface area contributed by atoms with Crippen LogP contribution in [0.15, 0.2) is 53.9 Å². The first-order chi connectivity index (χ1) is 12.1. The molecular weight excluding hydrogens is 343 g/mol. The van der Waals surface area contributed by atoms with Crippen molar-refractivity contribution >= 4 is 22.4 Å². The molecule has 0 aliphatic carbocycles. The molecule has 1 aromatic heterocycles. The molecule has 0 bridgehead atoms. The number of carbonyl (C=O) groups is 1. The molecule has 0 saturated carbocycles. The average molecular weight is 358 g/mol. The van der Waals surface area contributed by atoms with Gasteiger partial charge in [0.05, 0.1) is 12.8 Å². The summed E-state index contributed by atoms with van der Waals surface area (Å²) in [5.41, 5.74) is 1.27. The van der Waals surface area contributed by atoms with Gasteiger partial charge in [0.15, 0.2) is 11.7 Å². The third kappa shape index (κ3) is 4.54. The van der Waals surface area contributed by atoms with Gasteiger partial charge in [-0.1, -0.05) is 12.1 Å². The van der Waals surface area contributed by atoms with Crippen LogP contribution in [0.2, 0.25) is 0 Å². The van der Waals surface area contributed by atoms with Gasteiger partial charge in [0.2, 0.25) is 0 Å². The maximum Gasteiger partial charge on any atom is 0.264 e. The van der Waals surface area contributed by atoms with Crippen LogP contribution >= 0.6 is 11.3 Å². The summed E-state index contributed by atoms with van der Waals surface area (Å²) in [6.07, 6.45) is 0. The lowest BCUT2D eigenvalue weighted by molar-refractivity contribution is -0.118. The van der Waals surface area contributed by atoms with Crippen molar-refractivity contribution in [3.05, 3.63) is 59.7 Å². The molecule has 0 spiro atoms. The lowest BCUT2D eigenvalue weighted by atomic mass is 10.2. The number of aromatic nitrogens is 1. The Morgan fingerprint density at radius 3 is 2.68 bits per heavy atom. The van der Waals surface area contributed by atoms with Crippen molar-refractivity contribution in [1.82, 2.24) is 4.98 Å². The van der Waals surface area contributed by atoms with Gasteiger partial charge in [-0.25, -0.2) is 9.37 Å². The number of thiazole rings is 1. The van der Waals surface area contributed by atoms with Crippen molar-refractivity contribution in [1.29, 1.82) is 0 Å². The molecule has 0 radical (unpaired) electrons. The maximum absolute atomic E-state index is 13.3. The van der Waals surface area contributed by atoms with Crippen LogP contribution in [0, 0.1) is 5.82 Å². The Bertz CT molecular complexity index is 865. The summed E-state index contributed by atoms with van der Waals surface area (Å²) in [7, 11) is 1.58. The highest BCUT2D eigenvalue weighted by molar-refractivity contribution is 7.14. The van der Waals surface area contributed by atoms with Gasteiger partial charge in [-0.2, -0.15) is 0 Å². The minimum absolute atomic E-state index is 0.138. The predicted octanol–water partition coefficient (Wildman–Crippen LogP) is 3.98. The standard InChI is InChI=1S/C18H15FN2O3S/c1-23-14-5-7-15(8-6-14)24-10-17(22)21-18-20-16(11-25-18)12-3-2-4-13(19)9-12/h2-9,11H,10H2,1H3,(H,20,21,22). The molecule has 2 aromatic carbocycles. The van der Waals surface area contributed by atoms with Gasteiger partial charge in [-0.15, -0.1) is 11.3 Å². The lowest BCUT2D eigenvalue weighted by Crippen LogP contribution is -2.20. The highest BCUT2D eigenvalue weighted by Crippen LogP contribution is 2.25. The molecule has 3 rings (SSSR count). The predicted molar refractivity (Wildman–Crippen MR) is 94.6 cm³/mol. The number of amides is 1. The molecule has 1 N–H and O–H groups in total. The lowest BCUT2D eigenvalue weighted by Gasteiger charge is -2.06. The van der Waals surface area contributed by atoms with Crippen molar-refractivity contribution in [3.8, 4) is 22.8 Å². The molecule has 0 atom stereocenters. The van der Waals surface area contributed by atoms with E-state index in [-0.39, 0.29) is 18.3 Å². The number of nitrogens with zero attached hydrogens (tertiary/aromatic N) is 1. The normalized spacial score (nSPS) is 10.3. The fourth-order valence-corrected chi connectivity index (χ4v) is 2.82. The third-order valence-corrected chi connectivity index (χ3v) is 4.06. The molecule has 7 heteroatoms. The summed E-state index contributed by atoms with van der Waals surface area (Å²) < 4.78 is 23.7. The molecule has 5 nitrogen and oxygen atoms in total. The molecule has 128 valence electrons. The van der Waals surface area contributed by atoms with E-state index in [0.717, 1.165) is 0 Å². The average Bonchev–Trinajstić information content (AvgIpc) is 3.09. The second kappa shape index (κ2) is 7.76. The monoisotopic (exact) mass is 358 g/mol. The summed E-state index contributed by atoms with van der Waals surface area (Å²) in [5, 5.41) is 4.86. The Labute approximate surface area is 148 Å². The highest BCUT2D eigenvalue weighted by Gasteiger charge is 2.09. The number of anilines is 1. The van der Waals surface area contributed by atoms with Crippen LogP contribution in [-0.4, -0.2) is 24.6 Å². The number of methoxy groups -OCH3 is 1. The van der Waals surface area contributed by atoms with E-state index in [1.165, 1.54) is 23.5 Å². The molecule has 3 aromatic rings. The second-order valence-electron chi connectivity index (χ2n) is 5.06. The van der Waals surface area contributed by atoms with Crippen LogP contribution < -0.4 is 14.8 Å². The van der Waals surface area contributed by atoms with Gasteiger partial charge in [-0.05, 0) is 36.4 Å². The fraction of sp³-hybridized carbons (Fsp3) is 0.111. The van der Waals surface area contributed by atoms with E-state index in [1.54, 1.807) is 48.9 Å². The number of nitrogens with one attached hydrogen (secondary N) is 1. The van der Waals surface area contributed by atoms with E-state index in [2.05, 4.69) is 10.3 Å². The molecule has 0 saturated heterocycles. The van der Waals surface area contributed by atoms with Gasteiger partial charge in [0.1, 0.15) is 17.3 Å². The number of halogens is 1. The van der Waals surface area contributed by atoms with Crippen molar-refractivity contribution < 1.29 is 18.7 Å². The number of rotatable bonds is 6. The van der Waals surface area contributed by atoms with Crippen molar-refractivity contribution in [3.63, 3.8) is 0 Å². The van der Waals surface area contributed by atoms with E-state index in [1.807, 2.05) is 0 Å². The Morgan fingerprint density at radius 1 is 1.20 bits per heavy atom. The molecule has 0 fully saturated rings. The van der Waals surface area contributed by atoms with Crippen molar-refractivity contribution in [2.45, 2.75) is 0 Å². The van der Waals surface area contributed by atoms with E-state index < -0.39 is 0 Å². The molecule has 0 aliphatic rings. The molecule has 25 heavy (non-hydrogen) atoms. The quantitative estimate of drug-likeness (QED) is 0.724. The van der Waals surface area contributed by atoms with Crippen molar-refractivity contribution in [2.24, 2.45) is 0 Å². The number of benzene rings is 2. The molecule has 0 unspecified atom stereocenters. The summed E-state index contributed by atoms with van der Waals surface area (Å²) in [4.78, 5) is 16.2. The van der Waals surface area contributed by atoms with E-state index in [9.17, 15) is 9.18 Å². The topological polar surface area (TPSA) is 60.5 Å². The Balaban J connectivity index is 1.56. The number of ether oxygens (including phenoxy) is 2. The summed E-state index contributed by atoms with van der Waals surface area (Å²) in [6.45, 7) is -0.138. The van der Waals surface area contributed by atoms with Gasteiger partial charge in [0.25, 0.3) is 5.91 Å². The van der Waals surface area contributed by atoms with Crippen LogP contribution in [0.25, 0.3) is 11.3 Å². The summed E-state index contributed by atoms with van der Waals surface area (Å²) >= 11 is 1.27. The molecule has 1 amide bonds. The second-order valence-corrected chi connectivity index (χ2v) is 5.92. The largest absolute Gasteiger partial charge is 0.497 e. The van der Waals surface area contributed by atoms with Gasteiger partial charge < -0.3 is 9.47 Å². The Kier molecular flexibility index (Phi) is 5.25. The Morgan fingerprint density at radius 2 is 1.96 bits per heavy atom. The van der Waals surface area contributed by atoms with Gasteiger partial charge >= 0.3 is 0 Å². The van der Waals surface area contributed by atoms with Crippen LogP contribution in [0.4, 0.5) is 9.52 Å². The summed E-state index contributed by atoms with van der Waals surface area (Å²) in [6, 6.07) is 13.1. The maximum atomic E-state index is 13.3.